The number of halogens is 2. The van der Waals surface area contributed by atoms with Gasteiger partial charge in [0.25, 0.3) is 12.3 Å². The Hall–Kier alpha value is -1.53. The zero-order chi connectivity index (χ0) is 10.7. The maximum atomic E-state index is 12.5. The van der Waals surface area contributed by atoms with Crippen LogP contribution in [0.25, 0.3) is 0 Å². The fourth-order valence-electron chi connectivity index (χ4n) is 1.09. The fourth-order valence-corrected chi connectivity index (χ4v) is 1.09. The first kappa shape index (κ1) is 10.6. The van der Waals surface area contributed by atoms with Gasteiger partial charge in [-0.05, 0) is 6.42 Å². The van der Waals surface area contributed by atoms with Gasteiger partial charge < -0.3 is 5.73 Å². The van der Waals surface area contributed by atoms with Gasteiger partial charge >= 0.3 is 0 Å². The first-order valence-electron chi connectivity index (χ1n) is 4.09. The molecule has 0 fully saturated rings. The fraction of sp³-hybridized carbons (Fsp3) is 0.571. The van der Waals surface area contributed by atoms with Gasteiger partial charge in [-0.2, -0.15) is 0 Å². The van der Waals surface area contributed by atoms with E-state index in [9.17, 15) is 13.6 Å². The molecule has 14 heavy (non-hydrogen) atoms. The summed E-state index contributed by atoms with van der Waals surface area (Å²) < 4.78 is 26.0. The van der Waals surface area contributed by atoms with Gasteiger partial charge in [0.2, 0.25) is 0 Å². The van der Waals surface area contributed by atoms with Crippen LogP contribution >= 0.6 is 0 Å². The molecule has 1 aromatic rings. The lowest BCUT2D eigenvalue weighted by atomic mass is 10.3. The van der Waals surface area contributed by atoms with E-state index in [1.165, 1.54) is 0 Å². The third-order valence-electron chi connectivity index (χ3n) is 1.65. The lowest BCUT2D eigenvalue weighted by Gasteiger charge is -2.03. The molecule has 2 N–H and O–H groups in total. The minimum absolute atomic E-state index is 0.292. The summed E-state index contributed by atoms with van der Waals surface area (Å²) in [5.41, 5.74) is 3.92. The normalized spacial score (nSPS) is 10.9. The van der Waals surface area contributed by atoms with Crippen LogP contribution in [-0.4, -0.2) is 20.9 Å². The minimum atomic E-state index is -2.79. The van der Waals surface area contributed by atoms with Crippen molar-refractivity contribution < 1.29 is 13.6 Å². The number of nitrogens with two attached hydrogens (primary N) is 1. The second kappa shape index (κ2) is 4.12. The monoisotopic (exact) mass is 204 g/mol. The highest BCUT2D eigenvalue weighted by Gasteiger charge is 2.24. The van der Waals surface area contributed by atoms with Crippen molar-refractivity contribution in [1.29, 1.82) is 0 Å². The second-order valence-corrected chi connectivity index (χ2v) is 2.71. The molecule has 0 aliphatic rings. The van der Waals surface area contributed by atoms with Crippen molar-refractivity contribution in [2.75, 3.05) is 0 Å². The van der Waals surface area contributed by atoms with E-state index >= 15 is 0 Å². The highest BCUT2D eigenvalue weighted by Crippen LogP contribution is 2.21. The minimum Gasteiger partial charge on any atom is -0.364 e. The van der Waals surface area contributed by atoms with E-state index in [0.717, 1.165) is 4.68 Å². The molecule has 1 aromatic heterocycles. The molecule has 0 radical (unpaired) electrons. The Labute approximate surface area is 78.9 Å². The molecular weight excluding hydrogens is 194 g/mol. The van der Waals surface area contributed by atoms with Crippen LogP contribution in [0.4, 0.5) is 8.78 Å². The molecule has 5 nitrogen and oxygen atoms in total. The predicted octanol–water partition coefficient (Wildman–Crippen LogP) is 0.725. The van der Waals surface area contributed by atoms with Gasteiger partial charge in [-0.25, -0.2) is 13.5 Å². The Morgan fingerprint density at radius 2 is 2.29 bits per heavy atom. The number of hydrogen-bond donors (Lipinski definition) is 1. The summed E-state index contributed by atoms with van der Waals surface area (Å²) in [5.74, 6) is -0.984. The standard InChI is InChI=1S/C7H10F2N4O/c1-2-3-13-5(6(8)9)4(7(10)14)11-12-13/h6H,2-3H2,1H3,(H2,10,14). The largest absolute Gasteiger partial charge is 0.364 e. The van der Waals surface area contributed by atoms with Crippen LogP contribution in [0.3, 0.4) is 0 Å². The van der Waals surface area contributed by atoms with E-state index in [2.05, 4.69) is 10.3 Å². The van der Waals surface area contributed by atoms with E-state index in [4.69, 9.17) is 5.73 Å². The van der Waals surface area contributed by atoms with Crippen molar-refractivity contribution in [1.82, 2.24) is 15.0 Å². The predicted molar refractivity (Wildman–Crippen MR) is 43.8 cm³/mol. The van der Waals surface area contributed by atoms with Crippen LogP contribution in [0.5, 0.6) is 0 Å². The van der Waals surface area contributed by atoms with Crippen molar-refractivity contribution >= 4 is 5.91 Å². The summed E-state index contributed by atoms with van der Waals surface area (Å²) in [7, 11) is 0. The van der Waals surface area contributed by atoms with Gasteiger partial charge in [0, 0.05) is 6.54 Å². The molecule has 0 atom stereocenters. The van der Waals surface area contributed by atoms with Crippen LogP contribution in [0.15, 0.2) is 0 Å². The lowest BCUT2D eigenvalue weighted by molar-refractivity contribution is 0.0976. The number of carbonyl (C=O) groups is 1. The van der Waals surface area contributed by atoms with Crippen LogP contribution in [0, 0.1) is 0 Å². The molecule has 0 bridgehead atoms. The van der Waals surface area contributed by atoms with E-state index in [1.807, 2.05) is 0 Å². The van der Waals surface area contributed by atoms with Crippen LogP contribution in [-0.2, 0) is 6.54 Å². The third-order valence-corrected chi connectivity index (χ3v) is 1.65. The summed E-state index contributed by atoms with van der Waals surface area (Å²) in [6, 6.07) is 0. The third kappa shape index (κ3) is 1.86. The number of nitrogens with zero attached hydrogens (tertiary/aromatic N) is 3. The zero-order valence-corrected chi connectivity index (χ0v) is 7.57. The quantitative estimate of drug-likeness (QED) is 0.785. The van der Waals surface area contributed by atoms with Crippen molar-refractivity contribution in [3.8, 4) is 0 Å². The molecule has 0 spiro atoms. The Balaban J connectivity index is 3.13. The highest BCUT2D eigenvalue weighted by molar-refractivity contribution is 5.91. The van der Waals surface area contributed by atoms with Gasteiger partial charge in [-0.1, -0.05) is 12.1 Å². The number of rotatable bonds is 4. The van der Waals surface area contributed by atoms with E-state index < -0.39 is 23.7 Å². The molecule has 0 unspecified atom stereocenters. The topological polar surface area (TPSA) is 73.8 Å². The van der Waals surface area contributed by atoms with Gasteiger partial charge in [0.15, 0.2) is 5.69 Å². The summed E-state index contributed by atoms with van der Waals surface area (Å²) in [6.07, 6.45) is -2.17. The molecule has 1 heterocycles. The molecule has 0 aliphatic heterocycles. The Morgan fingerprint density at radius 1 is 1.64 bits per heavy atom. The van der Waals surface area contributed by atoms with Gasteiger partial charge in [0.05, 0.1) is 0 Å². The molecule has 1 rings (SSSR count). The Kier molecular flexibility index (Phi) is 3.10. The molecule has 0 saturated carbocycles. The Morgan fingerprint density at radius 3 is 2.71 bits per heavy atom. The molecular formula is C7H10F2N4O. The summed E-state index contributed by atoms with van der Waals surface area (Å²) in [5, 5.41) is 6.75. The van der Waals surface area contributed by atoms with Crippen molar-refractivity contribution in [2.45, 2.75) is 26.3 Å². The van der Waals surface area contributed by atoms with Gasteiger partial charge in [-0.3, -0.25) is 4.79 Å². The van der Waals surface area contributed by atoms with Gasteiger partial charge in [-0.15, -0.1) is 5.10 Å². The second-order valence-electron chi connectivity index (χ2n) is 2.71. The van der Waals surface area contributed by atoms with Gasteiger partial charge in [0.1, 0.15) is 5.69 Å². The number of alkyl halides is 2. The van der Waals surface area contributed by atoms with Crippen LogP contribution < -0.4 is 5.73 Å². The average molecular weight is 204 g/mol. The maximum absolute atomic E-state index is 12.5. The van der Waals surface area contributed by atoms with Crippen molar-refractivity contribution in [3.63, 3.8) is 0 Å². The van der Waals surface area contributed by atoms with Crippen LogP contribution in [0.1, 0.15) is 36.0 Å². The maximum Gasteiger partial charge on any atom is 0.282 e. The number of aryl methyl sites for hydroxylation is 1. The van der Waals surface area contributed by atoms with Crippen molar-refractivity contribution in [2.24, 2.45) is 5.73 Å². The SMILES string of the molecule is CCCn1nnc(C(N)=O)c1C(F)F. The lowest BCUT2D eigenvalue weighted by Crippen LogP contribution is -2.15. The molecule has 7 heteroatoms. The summed E-state index contributed by atoms with van der Waals surface area (Å²) in [4.78, 5) is 10.7. The number of carbonyl (C=O) groups excluding carboxylic acids is 1. The molecule has 78 valence electrons. The smallest absolute Gasteiger partial charge is 0.282 e. The van der Waals surface area contributed by atoms with E-state index in [-0.39, 0.29) is 0 Å². The van der Waals surface area contributed by atoms with Crippen molar-refractivity contribution in [3.05, 3.63) is 11.4 Å². The number of hydrogen-bond acceptors (Lipinski definition) is 3. The Bertz CT molecular complexity index is 336. The summed E-state index contributed by atoms with van der Waals surface area (Å²) >= 11 is 0. The first-order valence-corrected chi connectivity index (χ1v) is 4.09. The summed E-state index contributed by atoms with van der Waals surface area (Å²) in [6.45, 7) is 2.10. The van der Waals surface area contributed by atoms with E-state index in [0.29, 0.717) is 13.0 Å². The number of primary amides is 1. The molecule has 1 amide bonds. The van der Waals surface area contributed by atoms with Crippen LogP contribution in [0.2, 0.25) is 0 Å². The first-order chi connectivity index (χ1) is 6.57. The molecule has 0 aromatic carbocycles. The van der Waals surface area contributed by atoms with E-state index in [1.54, 1.807) is 6.92 Å². The number of amides is 1. The average Bonchev–Trinajstić information content (AvgIpc) is 2.48. The molecule has 0 saturated heterocycles. The molecule has 0 aliphatic carbocycles. The highest BCUT2D eigenvalue weighted by atomic mass is 19.3. The zero-order valence-electron chi connectivity index (χ0n) is 7.57. The number of aromatic nitrogens is 3.